The van der Waals surface area contributed by atoms with Gasteiger partial charge in [-0.15, -0.1) is 11.8 Å². The van der Waals surface area contributed by atoms with Crippen molar-refractivity contribution < 1.29 is 27.6 Å². The van der Waals surface area contributed by atoms with Crippen LogP contribution in [0.3, 0.4) is 0 Å². The number of carbonyl (C=O) groups is 2. The molecule has 3 aromatic rings. The van der Waals surface area contributed by atoms with Crippen LogP contribution in [0.25, 0.3) is 11.4 Å². The van der Waals surface area contributed by atoms with Crippen LogP contribution in [0.15, 0.2) is 44.7 Å². The third kappa shape index (κ3) is 5.82. The van der Waals surface area contributed by atoms with Crippen LogP contribution in [0, 0.1) is 6.92 Å². The van der Waals surface area contributed by atoms with Crippen molar-refractivity contribution >= 4 is 23.8 Å². The molecule has 1 aliphatic carbocycles. The van der Waals surface area contributed by atoms with Gasteiger partial charge in [-0.25, -0.2) is 13.6 Å². The van der Waals surface area contributed by atoms with E-state index in [1.807, 2.05) is 0 Å². The lowest BCUT2D eigenvalue weighted by molar-refractivity contribution is 0.0508. The molecule has 39 heavy (non-hydrogen) atoms. The second-order valence-corrected chi connectivity index (χ2v) is 11.6. The van der Waals surface area contributed by atoms with Crippen molar-refractivity contribution in [3.63, 3.8) is 0 Å². The fourth-order valence-corrected chi connectivity index (χ4v) is 5.47. The lowest BCUT2D eigenvalue weighted by Gasteiger charge is -2.22. The van der Waals surface area contributed by atoms with Crippen LogP contribution in [-0.2, 0) is 11.3 Å². The highest BCUT2D eigenvalue weighted by molar-refractivity contribution is 7.99. The van der Waals surface area contributed by atoms with Gasteiger partial charge in [0.2, 0.25) is 11.7 Å². The lowest BCUT2D eigenvalue weighted by atomic mass is 10.1. The van der Waals surface area contributed by atoms with Gasteiger partial charge in [-0.3, -0.25) is 9.59 Å². The highest BCUT2D eigenvalue weighted by Crippen LogP contribution is 2.43. The molecule has 5 rings (SSSR count). The molecule has 2 amide bonds. The van der Waals surface area contributed by atoms with Crippen LogP contribution >= 0.6 is 11.8 Å². The Balaban J connectivity index is 1.47. The molecular weight excluding hydrogens is 532 g/mol. The van der Waals surface area contributed by atoms with Crippen molar-refractivity contribution in [3.8, 4) is 11.4 Å². The number of nitrogens with one attached hydrogen (secondary N) is 2. The second-order valence-electron chi connectivity index (χ2n) is 10.6. The van der Waals surface area contributed by atoms with Crippen molar-refractivity contribution in [3.05, 3.63) is 63.4 Å². The summed E-state index contributed by atoms with van der Waals surface area (Å²) in [5, 5.41) is 8.97. The van der Waals surface area contributed by atoms with Crippen LogP contribution < -0.4 is 16.2 Å². The summed E-state index contributed by atoms with van der Waals surface area (Å²) in [5.41, 5.74) is 0.637. The highest BCUT2D eigenvalue weighted by Gasteiger charge is 2.58. The monoisotopic (exact) mass is 559 g/mol. The van der Waals surface area contributed by atoms with E-state index in [2.05, 4.69) is 20.8 Å². The number of ether oxygens (including phenoxy) is 1. The van der Waals surface area contributed by atoms with Crippen LogP contribution in [0.1, 0.15) is 60.6 Å². The van der Waals surface area contributed by atoms with Crippen LogP contribution in [0.2, 0.25) is 0 Å². The van der Waals surface area contributed by atoms with E-state index < -0.39 is 47.6 Å². The molecule has 1 saturated carbocycles. The third-order valence-electron chi connectivity index (χ3n) is 6.17. The number of alkyl carbamates (subject to hydrolysis) is 1. The first-order chi connectivity index (χ1) is 18.3. The largest absolute Gasteiger partial charge is 0.444 e. The van der Waals surface area contributed by atoms with Crippen LogP contribution in [-0.4, -0.2) is 50.0 Å². The fraction of sp³-hybridized carbons (Fsp3) is 0.423. The SMILES string of the molecule is Cc1nc(-c2ccc(Cn3cc(C(=O)NC4CC4(F)F)c4c(c3=O)[C@@H](NC(=O)OC(C)(C)C)CS4)cc2)no1. The number of pyridine rings is 1. The summed E-state index contributed by atoms with van der Waals surface area (Å²) in [7, 11) is 0. The van der Waals surface area contributed by atoms with Crippen LogP contribution in [0.4, 0.5) is 13.6 Å². The Bertz CT molecular complexity index is 1500. The Labute approximate surface area is 226 Å². The first-order valence-corrected chi connectivity index (χ1v) is 13.3. The number of aryl methyl sites for hydroxylation is 1. The predicted octanol–water partition coefficient (Wildman–Crippen LogP) is 4.06. The minimum absolute atomic E-state index is 0.0986. The normalized spacial score (nSPS) is 19.3. The van der Waals surface area contributed by atoms with E-state index in [-0.39, 0.29) is 23.4 Å². The first-order valence-electron chi connectivity index (χ1n) is 12.3. The molecule has 1 aromatic carbocycles. The molecule has 13 heteroatoms. The predicted molar refractivity (Wildman–Crippen MR) is 138 cm³/mol. The minimum Gasteiger partial charge on any atom is -0.444 e. The third-order valence-corrected chi connectivity index (χ3v) is 7.40. The summed E-state index contributed by atoms with van der Waals surface area (Å²) >= 11 is 1.21. The number of amides is 2. The van der Waals surface area contributed by atoms with E-state index in [1.54, 1.807) is 52.0 Å². The fourth-order valence-electron chi connectivity index (χ4n) is 4.20. The number of thioether (sulfide) groups is 1. The topological polar surface area (TPSA) is 128 Å². The van der Waals surface area contributed by atoms with E-state index in [0.717, 1.165) is 11.1 Å². The van der Waals surface area contributed by atoms with Crippen molar-refractivity contribution in [2.45, 2.75) is 69.2 Å². The summed E-state index contributed by atoms with van der Waals surface area (Å²) in [6.45, 7) is 6.95. The second kappa shape index (κ2) is 9.78. The molecule has 1 fully saturated rings. The number of rotatable bonds is 6. The standard InChI is InChI=1S/C26H27F2N5O5S/c1-13-29-21(32-38-13)15-7-5-14(6-8-15)10-33-11-16(22(34)31-18-9-26(18,27)28)20-19(23(33)35)17(12-39-20)30-24(36)37-25(2,3)4/h5-8,11,17-18H,9-10,12H2,1-4H3,(H,30,36)(H,31,34)/t17-,18?/m0/s1. The van der Waals surface area contributed by atoms with Gasteiger partial charge in [-0.05, 0) is 26.3 Å². The smallest absolute Gasteiger partial charge is 0.408 e. The molecular formula is C26H27F2N5O5S. The van der Waals surface area contributed by atoms with Gasteiger partial charge >= 0.3 is 6.09 Å². The summed E-state index contributed by atoms with van der Waals surface area (Å²) in [6.07, 6.45) is 0.255. The van der Waals surface area contributed by atoms with E-state index in [4.69, 9.17) is 9.26 Å². The molecule has 2 aliphatic rings. The Morgan fingerprint density at radius 3 is 2.51 bits per heavy atom. The van der Waals surface area contributed by atoms with Gasteiger partial charge in [-0.2, -0.15) is 4.98 Å². The van der Waals surface area contributed by atoms with Crippen molar-refractivity contribution in [2.24, 2.45) is 0 Å². The van der Waals surface area contributed by atoms with E-state index >= 15 is 0 Å². The molecule has 2 aromatic heterocycles. The summed E-state index contributed by atoms with van der Waals surface area (Å²) < 4.78 is 38.8. The molecule has 2 N–H and O–H groups in total. The molecule has 0 saturated heterocycles. The maximum Gasteiger partial charge on any atom is 0.408 e. The molecule has 0 bridgehead atoms. The highest BCUT2D eigenvalue weighted by atomic mass is 32.2. The van der Waals surface area contributed by atoms with E-state index in [9.17, 15) is 23.2 Å². The number of alkyl halides is 2. The molecule has 206 valence electrons. The van der Waals surface area contributed by atoms with Gasteiger partial charge in [0.05, 0.1) is 29.8 Å². The van der Waals surface area contributed by atoms with Gasteiger partial charge in [0.1, 0.15) is 5.60 Å². The van der Waals surface area contributed by atoms with Gasteiger partial charge in [0.25, 0.3) is 17.4 Å². The van der Waals surface area contributed by atoms with Crippen molar-refractivity contribution in [2.75, 3.05) is 5.75 Å². The van der Waals surface area contributed by atoms with Crippen LogP contribution in [0.5, 0.6) is 0 Å². The summed E-state index contributed by atoms with van der Waals surface area (Å²) in [6, 6.07) is 5.17. The average Bonchev–Trinajstić information content (AvgIpc) is 3.17. The summed E-state index contributed by atoms with van der Waals surface area (Å²) in [5.74, 6) is -2.50. The number of carbonyl (C=O) groups excluding carboxylic acids is 2. The number of nitrogens with zero attached hydrogens (tertiary/aromatic N) is 3. The lowest BCUT2D eigenvalue weighted by Crippen LogP contribution is -2.38. The van der Waals surface area contributed by atoms with Crippen molar-refractivity contribution in [1.82, 2.24) is 25.3 Å². The molecule has 3 heterocycles. The van der Waals surface area contributed by atoms with Crippen molar-refractivity contribution in [1.29, 1.82) is 0 Å². The molecule has 1 aliphatic heterocycles. The Hall–Kier alpha value is -3.74. The maximum atomic E-state index is 13.6. The zero-order chi connectivity index (χ0) is 28.1. The Morgan fingerprint density at radius 1 is 1.23 bits per heavy atom. The van der Waals surface area contributed by atoms with E-state index in [1.165, 1.54) is 22.5 Å². The number of hydrogen-bond acceptors (Lipinski definition) is 8. The molecule has 0 radical (unpaired) electrons. The van der Waals surface area contributed by atoms with Gasteiger partial charge < -0.3 is 24.5 Å². The maximum absolute atomic E-state index is 13.6. The molecule has 0 spiro atoms. The minimum atomic E-state index is -2.94. The van der Waals surface area contributed by atoms with Gasteiger partial charge in [0, 0.05) is 35.8 Å². The number of hydrogen-bond donors (Lipinski definition) is 2. The van der Waals surface area contributed by atoms with E-state index in [0.29, 0.717) is 16.6 Å². The Morgan fingerprint density at radius 2 is 1.92 bits per heavy atom. The zero-order valence-corrected chi connectivity index (χ0v) is 22.5. The quantitative estimate of drug-likeness (QED) is 0.463. The Kier molecular flexibility index (Phi) is 6.73. The average molecular weight is 560 g/mol. The van der Waals surface area contributed by atoms with Gasteiger partial charge in [-0.1, -0.05) is 29.4 Å². The number of benzene rings is 1. The molecule has 10 nitrogen and oxygen atoms in total. The first kappa shape index (κ1) is 26.9. The number of fused-ring (bicyclic) bond motifs is 1. The summed E-state index contributed by atoms with van der Waals surface area (Å²) in [4.78, 5) is 43.7. The molecule has 1 unspecified atom stereocenters. The molecule has 2 atom stereocenters. The zero-order valence-electron chi connectivity index (χ0n) is 21.7. The van der Waals surface area contributed by atoms with Gasteiger partial charge in [0.15, 0.2) is 0 Å². The number of aromatic nitrogens is 3. The number of halogens is 2.